The Morgan fingerprint density at radius 2 is 2.09 bits per heavy atom. The second-order valence-electron chi connectivity index (χ2n) is 5.06. The minimum atomic E-state index is 0.623. The molecule has 2 aromatic heterocycles. The highest BCUT2D eigenvalue weighted by atomic mass is 32.1. The van der Waals surface area contributed by atoms with Gasteiger partial charge < -0.3 is 10.5 Å². The van der Waals surface area contributed by atoms with E-state index in [2.05, 4.69) is 28.4 Å². The maximum atomic E-state index is 5.83. The normalized spacial score (nSPS) is 11.2. The number of imidazole rings is 1. The number of thiazole rings is 1. The Hall–Kier alpha value is -1.85. The average molecular weight is 315 g/mol. The molecule has 0 saturated heterocycles. The number of aromatic nitrogens is 2. The molecule has 3 rings (SSSR count). The van der Waals surface area contributed by atoms with Gasteiger partial charge in [-0.25, -0.2) is 4.98 Å². The van der Waals surface area contributed by atoms with E-state index in [1.807, 2.05) is 25.3 Å². The number of fused-ring (bicyclic) bond motifs is 1. The standard InChI is InChI=1S/C17H21N3OS/c1-3-15-16(13-7-5-6-8-14(13)21-4-2)20-12(9-10-18)11-19-17(20)22-15/h5-8,11H,3-4,9-10,18H2,1-2H3. The summed E-state index contributed by atoms with van der Waals surface area (Å²) in [7, 11) is 0. The molecule has 0 bridgehead atoms. The second-order valence-corrected chi connectivity index (χ2v) is 6.12. The Morgan fingerprint density at radius 3 is 2.82 bits per heavy atom. The van der Waals surface area contributed by atoms with E-state index < -0.39 is 0 Å². The zero-order valence-corrected chi connectivity index (χ0v) is 13.8. The number of nitrogens with two attached hydrogens (primary N) is 1. The van der Waals surface area contributed by atoms with Crippen LogP contribution in [0.15, 0.2) is 30.5 Å². The van der Waals surface area contributed by atoms with Crippen LogP contribution in [0.5, 0.6) is 5.75 Å². The maximum Gasteiger partial charge on any atom is 0.194 e. The molecule has 0 spiro atoms. The first-order valence-electron chi connectivity index (χ1n) is 7.70. The van der Waals surface area contributed by atoms with Crippen molar-refractivity contribution >= 4 is 16.3 Å². The van der Waals surface area contributed by atoms with Gasteiger partial charge in [-0.3, -0.25) is 4.40 Å². The fourth-order valence-electron chi connectivity index (χ4n) is 2.74. The lowest BCUT2D eigenvalue weighted by Gasteiger charge is -2.12. The molecule has 5 heteroatoms. The summed E-state index contributed by atoms with van der Waals surface area (Å²) in [5.74, 6) is 0.923. The molecule has 0 amide bonds. The highest BCUT2D eigenvalue weighted by Gasteiger charge is 2.19. The highest BCUT2D eigenvalue weighted by Crippen LogP contribution is 2.38. The lowest BCUT2D eigenvalue weighted by Crippen LogP contribution is -2.06. The number of hydrogen-bond acceptors (Lipinski definition) is 4. The van der Waals surface area contributed by atoms with E-state index in [4.69, 9.17) is 10.5 Å². The summed E-state index contributed by atoms with van der Waals surface area (Å²) in [5, 5.41) is 0. The van der Waals surface area contributed by atoms with E-state index in [0.717, 1.165) is 34.8 Å². The summed E-state index contributed by atoms with van der Waals surface area (Å²) >= 11 is 1.75. The molecular weight excluding hydrogens is 294 g/mol. The van der Waals surface area contributed by atoms with Crippen molar-refractivity contribution in [3.05, 3.63) is 41.0 Å². The van der Waals surface area contributed by atoms with E-state index in [9.17, 15) is 0 Å². The number of aryl methyl sites for hydroxylation is 1. The Balaban J connectivity index is 2.26. The zero-order chi connectivity index (χ0) is 15.5. The Labute approximate surface area is 134 Å². The molecule has 3 aromatic rings. The largest absolute Gasteiger partial charge is 0.493 e. The predicted octanol–water partition coefficient (Wildman–Crippen LogP) is 3.53. The van der Waals surface area contributed by atoms with Crippen LogP contribution < -0.4 is 10.5 Å². The topological polar surface area (TPSA) is 52.5 Å². The van der Waals surface area contributed by atoms with Crippen molar-refractivity contribution in [2.24, 2.45) is 5.73 Å². The molecule has 2 N–H and O–H groups in total. The van der Waals surface area contributed by atoms with Crippen LogP contribution in [-0.4, -0.2) is 22.5 Å². The van der Waals surface area contributed by atoms with Crippen LogP contribution in [0, 0.1) is 0 Å². The van der Waals surface area contributed by atoms with E-state index in [-0.39, 0.29) is 0 Å². The van der Waals surface area contributed by atoms with Crippen LogP contribution in [0.4, 0.5) is 0 Å². The number of hydrogen-bond donors (Lipinski definition) is 1. The van der Waals surface area contributed by atoms with Gasteiger partial charge in [-0.1, -0.05) is 19.1 Å². The van der Waals surface area contributed by atoms with Gasteiger partial charge in [0.15, 0.2) is 4.96 Å². The third-order valence-corrected chi connectivity index (χ3v) is 4.87. The molecule has 0 aliphatic carbocycles. The lowest BCUT2D eigenvalue weighted by molar-refractivity contribution is 0.341. The van der Waals surface area contributed by atoms with Crippen LogP contribution in [0.25, 0.3) is 16.2 Å². The lowest BCUT2D eigenvalue weighted by atomic mass is 10.1. The van der Waals surface area contributed by atoms with Crippen molar-refractivity contribution in [2.75, 3.05) is 13.2 Å². The van der Waals surface area contributed by atoms with E-state index in [0.29, 0.717) is 13.2 Å². The minimum absolute atomic E-state index is 0.623. The molecule has 0 radical (unpaired) electrons. The van der Waals surface area contributed by atoms with Gasteiger partial charge in [0, 0.05) is 22.6 Å². The second kappa shape index (κ2) is 6.50. The first kappa shape index (κ1) is 15.1. The molecule has 0 saturated carbocycles. The molecule has 0 atom stereocenters. The van der Waals surface area contributed by atoms with Gasteiger partial charge in [0.2, 0.25) is 0 Å². The number of nitrogens with zero attached hydrogens (tertiary/aromatic N) is 2. The highest BCUT2D eigenvalue weighted by molar-refractivity contribution is 7.17. The van der Waals surface area contributed by atoms with Crippen molar-refractivity contribution in [2.45, 2.75) is 26.7 Å². The SMILES string of the molecule is CCOc1ccccc1-c1c(CC)sc2ncc(CCN)n12. The summed E-state index contributed by atoms with van der Waals surface area (Å²) in [4.78, 5) is 6.91. The van der Waals surface area contributed by atoms with E-state index in [1.54, 1.807) is 11.3 Å². The average Bonchev–Trinajstić information content (AvgIpc) is 3.08. The monoisotopic (exact) mass is 315 g/mol. The first-order chi connectivity index (χ1) is 10.8. The molecule has 0 aliphatic heterocycles. The molecule has 0 aliphatic rings. The number of rotatable bonds is 6. The summed E-state index contributed by atoms with van der Waals surface area (Å²) in [6.07, 6.45) is 3.74. The summed E-state index contributed by atoms with van der Waals surface area (Å²) in [6, 6.07) is 8.22. The van der Waals surface area contributed by atoms with Crippen LogP contribution >= 0.6 is 11.3 Å². The van der Waals surface area contributed by atoms with Gasteiger partial charge in [-0.15, -0.1) is 11.3 Å². The van der Waals surface area contributed by atoms with Crippen molar-refractivity contribution in [1.29, 1.82) is 0 Å². The van der Waals surface area contributed by atoms with Gasteiger partial charge >= 0.3 is 0 Å². The Morgan fingerprint density at radius 1 is 1.27 bits per heavy atom. The molecular formula is C17H21N3OS. The molecule has 0 fully saturated rings. The Kier molecular flexibility index (Phi) is 4.45. The van der Waals surface area contributed by atoms with Crippen molar-refractivity contribution in [1.82, 2.24) is 9.38 Å². The van der Waals surface area contributed by atoms with Gasteiger partial charge in [0.05, 0.1) is 18.5 Å². The molecule has 116 valence electrons. The van der Waals surface area contributed by atoms with Crippen LogP contribution in [0.3, 0.4) is 0 Å². The van der Waals surface area contributed by atoms with Crippen molar-refractivity contribution in [3.63, 3.8) is 0 Å². The summed E-state index contributed by atoms with van der Waals surface area (Å²) < 4.78 is 8.08. The number of para-hydroxylation sites is 1. The van der Waals surface area contributed by atoms with E-state index in [1.165, 1.54) is 10.6 Å². The molecule has 2 heterocycles. The van der Waals surface area contributed by atoms with Gasteiger partial charge in [0.1, 0.15) is 5.75 Å². The molecule has 4 nitrogen and oxygen atoms in total. The summed E-state index contributed by atoms with van der Waals surface area (Å²) in [6.45, 7) is 5.47. The number of benzene rings is 1. The quantitative estimate of drug-likeness (QED) is 0.757. The third kappa shape index (κ3) is 2.51. The summed E-state index contributed by atoms with van der Waals surface area (Å²) in [5.41, 5.74) is 9.25. The van der Waals surface area contributed by atoms with Gasteiger partial charge in [0.25, 0.3) is 0 Å². The van der Waals surface area contributed by atoms with Crippen molar-refractivity contribution < 1.29 is 4.74 Å². The molecule has 1 aromatic carbocycles. The third-order valence-electron chi connectivity index (χ3n) is 3.67. The number of ether oxygens (including phenoxy) is 1. The fourth-order valence-corrected chi connectivity index (χ4v) is 3.81. The smallest absolute Gasteiger partial charge is 0.194 e. The van der Waals surface area contributed by atoms with Crippen LogP contribution in [0.2, 0.25) is 0 Å². The molecule has 22 heavy (non-hydrogen) atoms. The maximum absolute atomic E-state index is 5.83. The van der Waals surface area contributed by atoms with Crippen LogP contribution in [-0.2, 0) is 12.8 Å². The molecule has 0 unspecified atom stereocenters. The van der Waals surface area contributed by atoms with Gasteiger partial charge in [-0.2, -0.15) is 0 Å². The zero-order valence-electron chi connectivity index (χ0n) is 13.0. The fraction of sp³-hybridized carbons (Fsp3) is 0.353. The van der Waals surface area contributed by atoms with Crippen LogP contribution in [0.1, 0.15) is 24.4 Å². The predicted molar refractivity (Wildman–Crippen MR) is 91.8 cm³/mol. The minimum Gasteiger partial charge on any atom is -0.493 e. The first-order valence-corrected chi connectivity index (χ1v) is 8.52. The Bertz CT molecular complexity index is 775. The van der Waals surface area contributed by atoms with E-state index >= 15 is 0 Å². The van der Waals surface area contributed by atoms with Gasteiger partial charge in [-0.05, 0) is 32.0 Å². The van der Waals surface area contributed by atoms with Crippen molar-refractivity contribution in [3.8, 4) is 17.0 Å².